The van der Waals surface area contributed by atoms with E-state index < -0.39 is 5.54 Å². The van der Waals surface area contributed by atoms with Gasteiger partial charge in [0.15, 0.2) is 0 Å². The van der Waals surface area contributed by atoms with Crippen LogP contribution >= 0.6 is 11.6 Å². The quantitative estimate of drug-likeness (QED) is 0.684. The molecule has 1 aliphatic rings. The average Bonchev–Trinajstić information content (AvgIpc) is 2.55. The molecule has 0 bridgehead atoms. The van der Waals surface area contributed by atoms with Gasteiger partial charge in [0.25, 0.3) is 5.91 Å². The summed E-state index contributed by atoms with van der Waals surface area (Å²) < 4.78 is 4.88. The average molecular weight is 354 g/mol. The number of anilines is 1. The van der Waals surface area contributed by atoms with Crippen LogP contribution in [0.4, 0.5) is 5.69 Å². The van der Waals surface area contributed by atoms with Crippen molar-refractivity contribution >= 4 is 29.1 Å². The van der Waals surface area contributed by atoms with Crippen molar-refractivity contribution in [3.63, 3.8) is 0 Å². The van der Waals surface area contributed by atoms with E-state index in [-0.39, 0.29) is 16.8 Å². The molecule has 0 radical (unpaired) electrons. The van der Waals surface area contributed by atoms with Crippen molar-refractivity contribution in [3.05, 3.63) is 28.8 Å². The second-order valence-electron chi connectivity index (χ2n) is 6.11. The van der Waals surface area contributed by atoms with Crippen molar-refractivity contribution in [2.45, 2.75) is 37.6 Å². The number of hydrogen-bond donors (Lipinski definition) is 3. The first-order chi connectivity index (χ1) is 11.5. The number of carbonyl (C=O) groups excluding carboxylic acids is 2. The zero-order chi connectivity index (χ0) is 17.6. The van der Waals surface area contributed by atoms with E-state index in [2.05, 4.69) is 10.6 Å². The SMILES string of the molecule is COCCNC(=O)c1ccc(NC(=O)C2(N)CCCCC2)cc1Cl. The molecule has 24 heavy (non-hydrogen) atoms. The molecule has 0 aliphatic heterocycles. The molecule has 0 atom stereocenters. The van der Waals surface area contributed by atoms with Gasteiger partial charge < -0.3 is 21.1 Å². The molecule has 132 valence electrons. The summed E-state index contributed by atoms with van der Waals surface area (Å²) in [5.74, 6) is -0.479. The lowest BCUT2D eigenvalue weighted by atomic mass is 9.82. The summed E-state index contributed by atoms with van der Waals surface area (Å²) in [7, 11) is 1.56. The number of benzene rings is 1. The number of carbonyl (C=O) groups is 2. The summed E-state index contributed by atoms with van der Waals surface area (Å²) in [6.45, 7) is 0.829. The van der Waals surface area contributed by atoms with E-state index in [1.165, 1.54) is 0 Å². The maximum Gasteiger partial charge on any atom is 0.252 e. The van der Waals surface area contributed by atoms with E-state index in [4.69, 9.17) is 22.1 Å². The lowest BCUT2D eigenvalue weighted by Crippen LogP contribution is -2.52. The van der Waals surface area contributed by atoms with E-state index in [9.17, 15) is 9.59 Å². The third-order valence-corrected chi connectivity index (χ3v) is 4.57. The van der Waals surface area contributed by atoms with Crippen molar-refractivity contribution < 1.29 is 14.3 Å². The molecular weight excluding hydrogens is 330 g/mol. The lowest BCUT2D eigenvalue weighted by Gasteiger charge is -2.31. The molecule has 0 spiro atoms. The molecule has 0 aromatic heterocycles. The zero-order valence-electron chi connectivity index (χ0n) is 13.9. The van der Waals surface area contributed by atoms with Crippen LogP contribution in [0, 0.1) is 0 Å². The zero-order valence-corrected chi connectivity index (χ0v) is 14.6. The molecule has 7 heteroatoms. The van der Waals surface area contributed by atoms with Gasteiger partial charge in [-0.05, 0) is 31.0 Å². The topological polar surface area (TPSA) is 93.5 Å². The monoisotopic (exact) mass is 353 g/mol. The minimum atomic E-state index is -0.819. The van der Waals surface area contributed by atoms with Gasteiger partial charge in [-0.15, -0.1) is 0 Å². The Morgan fingerprint density at radius 2 is 2.00 bits per heavy atom. The van der Waals surface area contributed by atoms with Crippen molar-refractivity contribution in [2.24, 2.45) is 5.73 Å². The van der Waals surface area contributed by atoms with Crippen LogP contribution in [0.3, 0.4) is 0 Å². The molecular formula is C17H24ClN3O3. The first-order valence-electron chi connectivity index (χ1n) is 8.13. The predicted octanol–water partition coefficient (Wildman–Crippen LogP) is 2.32. The summed E-state index contributed by atoms with van der Waals surface area (Å²) in [6, 6.07) is 4.81. The van der Waals surface area contributed by atoms with Gasteiger partial charge in [0.05, 0.1) is 22.7 Å². The second-order valence-corrected chi connectivity index (χ2v) is 6.52. The number of nitrogens with one attached hydrogen (secondary N) is 2. The van der Waals surface area contributed by atoms with Crippen LogP contribution < -0.4 is 16.4 Å². The molecule has 1 aromatic rings. The Labute approximate surface area is 147 Å². The number of nitrogens with two attached hydrogens (primary N) is 1. The van der Waals surface area contributed by atoms with Crippen molar-refractivity contribution in [1.29, 1.82) is 0 Å². The molecule has 1 fully saturated rings. The Hall–Kier alpha value is -1.63. The maximum atomic E-state index is 12.4. The number of hydrogen-bond acceptors (Lipinski definition) is 4. The minimum absolute atomic E-state index is 0.199. The number of methoxy groups -OCH3 is 1. The molecule has 4 N–H and O–H groups in total. The third-order valence-electron chi connectivity index (χ3n) is 4.26. The summed E-state index contributed by atoms with van der Waals surface area (Å²) in [5.41, 5.74) is 6.28. The van der Waals surface area contributed by atoms with Crippen molar-refractivity contribution in [3.8, 4) is 0 Å². The molecule has 1 saturated carbocycles. The highest BCUT2D eigenvalue weighted by Crippen LogP contribution is 2.28. The van der Waals surface area contributed by atoms with Gasteiger partial charge in [0.1, 0.15) is 0 Å². The van der Waals surface area contributed by atoms with E-state index >= 15 is 0 Å². The smallest absolute Gasteiger partial charge is 0.252 e. The molecule has 6 nitrogen and oxygen atoms in total. The summed E-state index contributed by atoms with van der Waals surface area (Å²) in [4.78, 5) is 24.4. The van der Waals surface area contributed by atoms with E-state index in [0.717, 1.165) is 19.3 Å². The maximum absolute atomic E-state index is 12.4. The van der Waals surface area contributed by atoms with Gasteiger partial charge in [0.2, 0.25) is 5.91 Å². The van der Waals surface area contributed by atoms with Gasteiger partial charge in [-0.25, -0.2) is 0 Å². The van der Waals surface area contributed by atoms with E-state index in [1.54, 1.807) is 25.3 Å². The number of rotatable bonds is 6. The number of halogens is 1. The molecule has 0 saturated heterocycles. The second kappa shape index (κ2) is 8.46. The Morgan fingerprint density at radius 1 is 1.29 bits per heavy atom. The molecule has 2 rings (SSSR count). The Morgan fingerprint density at radius 3 is 2.62 bits per heavy atom. The van der Waals surface area contributed by atoms with Gasteiger partial charge >= 0.3 is 0 Å². The molecule has 1 aromatic carbocycles. The lowest BCUT2D eigenvalue weighted by molar-refractivity contribution is -0.122. The fourth-order valence-electron chi connectivity index (χ4n) is 2.80. The van der Waals surface area contributed by atoms with Gasteiger partial charge in [-0.3, -0.25) is 9.59 Å². The van der Waals surface area contributed by atoms with Crippen LogP contribution in [0.5, 0.6) is 0 Å². The fourth-order valence-corrected chi connectivity index (χ4v) is 3.07. The summed E-state index contributed by atoms with van der Waals surface area (Å²) in [6.07, 6.45) is 4.42. The van der Waals surface area contributed by atoms with Crippen molar-refractivity contribution in [1.82, 2.24) is 5.32 Å². The molecule has 2 amide bonds. The van der Waals surface area contributed by atoms with Crippen LogP contribution in [-0.4, -0.2) is 37.6 Å². The number of ether oxygens (including phenoxy) is 1. The minimum Gasteiger partial charge on any atom is -0.383 e. The molecule has 0 unspecified atom stereocenters. The first-order valence-corrected chi connectivity index (χ1v) is 8.51. The van der Waals surface area contributed by atoms with Crippen LogP contribution in [0.25, 0.3) is 0 Å². The third kappa shape index (κ3) is 4.69. The van der Waals surface area contributed by atoms with Crippen molar-refractivity contribution in [2.75, 3.05) is 25.6 Å². The Bertz CT molecular complexity index is 601. The number of amides is 2. The first kappa shape index (κ1) is 18.7. The highest BCUT2D eigenvalue weighted by atomic mass is 35.5. The molecule has 0 heterocycles. The highest BCUT2D eigenvalue weighted by Gasteiger charge is 2.35. The van der Waals surface area contributed by atoms with Gasteiger partial charge in [-0.2, -0.15) is 0 Å². The van der Waals surface area contributed by atoms with Gasteiger partial charge in [-0.1, -0.05) is 30.9 Å². The summed E-state index contributed by atoms with van der Waals surface area (Å²) >= 11 is 6.17. The largest absolute Gasteiger partial charge is 0.383 e. The van der Waals surface area contributed by atoms with E-state index in [0.29, 0.717) is 37.2 Å². The normalized spacial score (nSPS) is 16.5. The standard InChI is InChI=1S/C17H24ClN3O3/c1-24-10-9-20-15(22)13-6-5-12(11-14(13)18)21-16(23)17(19)7-3-2-4-8-17/h5-6,11H,2-4,7-10,19H2,1H3,(H,20,22)(H,21,23). The fraction of sp³-hybridized carbons (Fsp3) is 0.529. The van der Waals surface area contributed by atoms with Gasteiger partial charge in [0, 0.05) is 19.3 Å². The van der Waals surface area contributed by atoms with Crippen LogP contribution in [-0.2, 0) is 9.53 Å². The predicted molar refractivity (Wildman–Crippen MR) is 94.3 cm³/mol. The highest BCUT2D eigenvalue weighted by molar-refractivity contribution is 6.34. The Balaban J connectivity index is 2.01. The van der Waals surface area contributed by atoms with E-state index in [1.807, 2.05) is 0 Å². The van der Waals surface area contributed by atoms with Crippen LogP contribution in [0.1, 0.15) is 42.5 Å². The van der Waals surface area contributed by atoms with Crippen LogP contribution in [0.15, 0.2) is 18.2 Å². The Kier molecular flexibility index (Phi) is 6.60. The van der Waals surface area contributed by atoms with Crippen LogP contribution in [0.2, 0.25) is 5.02 Å². The summed E-state index contributed by atoms with van der Waals surface area (Å²) in [5, 5.41) is 5.79. The molecule has 1 aliphatic carbocycles.